The minimum absolute atomic E-state index is 0.660. The van der Waals surface area contributed by atoms with Gasteiger partial charge in [-0.2, -0.15) is 0 Å². The molecular formula is C49H27N3S. The maximum Gasteiger partial charge on any atom is 0.164 e. The number of aromatic nitrogens is 3. The number of hydrogen-bond acceptors (Lipinski definition) is 4. The Morgan fingerprint density at radius 1 is 0.340 bits per heavy atom. The Hall–Kier alpha value is -6.75. The summed E-state index contributed by atoms with van der Waals surface area (Å²) >= 11 is 1.86. The van der Waals surface area contributed by atoms with Gasteiger partial charge in [-0.1, -0.05) is 146 Å². The Bertz CT molecular complexity index is 3350. The average Bonchev–Trinajstić information content (AvgIpc) is 3.77. The van der Waals surface area contributed by atoms with Crippen LogP contribution in [0.15, 0.2) is 164 Å². The molecule has 2 heterocycles. The summed E-state index contributed by atoms with van der Waals surface area (Å²) in [5.74, 6) is 2.00. The van der Waals surface area contributed by atoms with Gasteiger partial charge in [-0.05, 0) is 78.0 Å². The molecule has 0 fully saturated rings. The fourth-order valence-electron chi connectivity index (χ4n) is 8.58. The first kappa shape index (κ1) is 28.9. The van der Waals surface area contributed by atoms with Crippen LogP contribution in [0.3, 0.4) is 0 Å². The van der Waals surface area contributed by atoms with Crippen LogP contribution in [0.25, 0.3) is 120 Å². The minimum Gasteiger partial charge on any atom is -0.208 e. The first-order valence-corrected chi connectivity index (χ1v) is 18.8. The molecule has 2 aromatic heterocycles. The molecule has 1 aliphatic carbocycles. The summed E-state index contributed by atoms with van der Waals surface area (Å²) in [4.78, 5) is 15.7. The highest BCUT2D eigenvalue weighted by Crippen LogP contribution is 2.53. The largest absolute Gasteiger partial charge is 0.208 e. The monoisotopic (exact) mass is 689 g/mol. The topological polar surface area (TPSA) is 38.7 Å². The van der Waals surface area contributed by atoms with Crippen LogP contribution in [-0.2, 0) is 0 Å². The number of nitrogens with zero attached hydrogens (tertiary/aromatic N) is 3. The maximum atomic E-state index is 5.29. The SMILES string of the molecule is c1ccc2cc(-c3nc(-c4ccc5c(ccc6ccccc65)c4)nc(-c4cccc5sc6c7c(ccc6c45)-c4cccc5cccc-7c45)n3)ccc2c1. The van der Waals surface area contributed by atoms with Gasteiger partial charge in [0.25, 0.3) is 0 Å². The third-order valence-electron chi connectivity index (χ3n) is 11.0. The average molecular weight is 690 g/mol. The molecule has 0 saturated heterocycles. The van der Waals surface area contributed by atoms with Crippen molar-refractivity contribution < 1.29 is 0 Å². The molecule has 53 heavy (non-hydrogen) atoms. The molecule has 3 nitrogen and oxygen atoms in total. The van der Waals surface area contributed by atoms with Gasteiger partial charge in [-0.3, -0.25) is 0 Å². The Morgan fingerprint density at radius 3 is 1.81 bits per heavy atom. The molecule has 4 heteroatoms. The third kappa shape index (κ3) is 4.24. The van der Waals surface area contributed by atoms with E-state index in [4.69, 9.17) is 15.0 Å². The van der Waals surface area contributed by atoms with E-state index < -0.39 is 0 Å². The number of fused-ring (bicyclic) bond motifs is 11. The lowest BCUT2D eigenvalue weighted by atomic mass is 9.99. The van der Waals surface area contributed by atoms with Crippen molar-refractivity contribution in [1.29, 1.82) is 0 Å². The Kier molecular flexibility index (Phi) is 5.93. The molecule has 1 aliphatic rings. The number of thiophene rings is 1. The highest BCUT2D eigenvalue weighted by Gasteiger charge is 2.26. The van der Waals surface area contributed by atoms with Crippen molar-refractivity contribution in [3.05, 3.63) is 164 Å². The van der Waals surface area contributed by atoms with Gasteiger partial charge in [0.15, 0.2) is 17.5 Å². The second-order valence-electron chi connectivity index (χ2n) is 13.9. The Balaban J connectivity index is 1.10. The van der Waals surface area contributed by atoms with Gasteiger partial charge >= 0.3 is 0 Å². The molecular weight excluding hydrogens is 663 g/mol. The maximum absolute atomic E-state index is 5.29. The van der Waals surface area contributed by atoms with Crippen LogP contribution in [-0.4, -0.2) is 15.0 Å². The smallest absolute Gasteiger partial charge is 0.164 e. The van der Waals surface area contributed by atoms with Crippen LogP contribution in [0.4, 0.5) is 0 Å². The van der Waals surface area contributed by atoms with Crippen molar-refractivity contribution in [1.82, 2.24) is 15.0 Å². The van der Waals surface area contributed by atoms with Crippen molar-refractivity contribution in [2.24, 2.45) is 0 Å². The summed E-state index contributed by atoms with van der Waals surface area (Å²) < 4.78 is 2.53. The second kappa shape index (κ2) is 10.9. The predicted molar refractivity (Wildman–Crippen MR) is 223 cm³/mol. The lowest BCUT2D eigenvalue weighted by Gasteiger charge is -2.11. The summed E-state index contributed by atoms with van der Waals surface area (Å²) in [5, 5.41) is 12.2. The van der Waals surface area contributed by atoms with Crippen molar-refractivity contribution in [2.45, 2.75) is 0 Å². The fourth-order valence-corrected chi connectivity index (χ4v) is 9.87. The standard InChI is InChI=1S/C49H27N3S/c1-2-10-31-26-33(21-18-28(31)8-1)47-50-48(34-22-23-36-32(27-34)20-19-29-9-3-4-13-35(29)36)52-49(51-47)41-16-7-17-42-44(41)40-25-24-38-37-14-5-11-30-12-6-15-39(43(30)37)45(38)46(40)53-42/h1-27H. The van der Waals surface area contributed by atoms with Gasteiger partial charge in [-0.15, -0.1) is 11.3 Å². The van der Waals surface area contributed by atoms with Crippen LogP contribution >= 0.6 is 11.3 Å². The Labute approximate surface area is 308 Å². The minimum atomic E-state index is 0.660. The molecule has 0 N–H and O–H groups in total. The van der Waals surface area contributed by atoms with Crippen molar-refractivity contribution in [2.75, 3.05) is 0 Å². The van der Waals surface area contributed by atoms with Gasteiger partial charge in [0, 0.05) is 42.4 Å². The van der Waals surface area contributed by atoms with Gasteiger partial charge < -0.3 is 0 Å². The van der Waals surface area contributed by atoms with Gasteiger partial charge in [0.1, 0.15) is 0 Å². The molecule has 9 aromatic carbocycles. The van der Waals surface area contributed by atoms with E-state index in [1.807, 2.05) is 11.3 Å². The molecule has 0 radical (unpaired) electrons. The van der Waals surface area contributed by atoms with Gasteiger partial charge in [0.05, 0.1) is 0 Å². The number of benzene rings is 9. The van der Waals surface area contributed by atoms with E-state index >= 15 is 0 Å². The summed E-state index contributed by atoms with van der Waals surface area (Å²) in [5.41, 5.74) is 8.21. The zero-order valence-electron chi connectivity index (χ0n) is 28.3. The summed E-state index contributed by atoms with van der Waals surface area (Å²) in [6, 6.07) is 58.9. The molecule has 0 saturated carbocycles. The van der Waals surface area contributed by atoms with Gasteiger partial charge in [0.2, 0.25) is 0 Å². The molecule has 11 aromatic rings. The highest BCUT2D eigenvalue weighted by atomic mass is 32.1. The molecule has 0 amide bonds. The molecule has 0 aliphatic heterocycles. The summed E-state index contributed by atoms with van der Waals surface area (Å²) in [6.07, 6.45) is 0. The van der Waals surface area contributed by atoms with E-state index in [0.717, 1.165) is 27.5 Å². The normalized spacial score (nSPS) is 12.2. The lowest BCUT2D eigenvalue weighted by molar-refractivity contribution is 1.08. The van der Waals surface area contributed by atoms with E-state index in [2.05, 4.69) is 164 Å². The van der Waals surface area contributed by atoms with Crippen LogP contribution in [0.5, 0.6) is 0 Å². The lowest BCUT2D eigenvalue weighted by Crippen LogP contribution is -2.00. The zero-order chi connectivity index (χ0) is 34.6. The number of hydrogen-bond donors (Lipinski definition) is 0. The van der Waals surface area contributed by atoms with Crippen LogP contribution in [0, 0.1) is 0 Å². The van der Waals surface area contributed by atoms with E-state index in [9.17, 15) is 0 Å². The van der Waals surface area contributed by atoms with E-state index in [-0.39, 0.29) is 0 Å². The van der Waals surface area contributed by atoms with E-state index in [0.29, 0.717) is 17.5 Å². The van der Waals surface area contributed by atoms with E-state index in [1.165, 1.54) is 74.7 Å². The first-order valence-electron chi connectivity index (χ1n) is 17.9. The molecule has 0 bridgehead atoms. The van der Waals surface area contributed by atoms with Crippen LogP contribution in [0.1, 0.15) is 0 Å². The summed E-state index contributed by atoms with van der Waals surface area (Å²) in [7, 11) is 0. The molecule has 12 rings (SSSR count). The molecule has 244 valence electrons. The predicted octanol–water partition coefficient (Wildman–Crippen LogP) is 13.5. The highest BCUT2D eigenvalue weighted by molar-refractivity contribution is 7.26. The molecule has 0 atom stereocenters. The van der Waals surface area contributed by atoms with Crippen LogP contribution < -0.4 is 0 Å². The third-order valence-corrected chi connectivity index (χ3v) is 12.2. The van der Waals surface area contributed by atoms with Gasteiger partial charge in [-0.25, -0.2) is 15.0 Å². The van der Waals surface area contributed by atoms with E-state index in [1.54, 1.807) is 0 Å². The fraction of sp³-hybridized carbons (Fsp3) is 0. The Morgan fingerprint density at radius 2 is 0.943 bits per heavy atom. The van der Waals surface area contributed by atoms with Crippen molar-refractivity contribution in [3.8, 4) is 56.4 Å². The quantitative estimate of drug-likeness (QED) is 0.173. The second-order valence-corrected chi connectivity index (χ2v) is 15.0. The zero-order valence-corrected chi connectivity index (χ0v) is 29.2. The van der Waals surface area contributed by atoms with Crippen LogP contribution in [0.2, 0.25) is 0 Å². The van der Waals surface area contributed by atoms with Crippen molar-refractivity contribution in [3.63, 3.8) is 0 Å². The summed E-state index contributed by atoms with van der Waals surface area (Å²) in [6.45, 7) is 0. The first-order chi connectivity index (χ1) is 26.2. The molecule has 0 spiro atoms. The number of rotatable bonds is 3. The van der Waals surface area contributed by atoms with Crippen molar-refractivity contribution >= 4 is 74.6 Å². The molecule has 0 unspecified atom stereocenters.